The lowest BCUT2D eigenvalue weighted by molar-refractivity contribution is -0.121. The number of ketones is 1. The van der Waals surface area contributed by atoms with E-state index in [1.807, 2.05) is 0 Å². The molecule has 0 aromatic carbocycles. The van der Waals surface area contributed by atoms with Gasteiger partial charge in [0.05, 0.1) is 0 Å². The summed E-state index contributed by atoms with van der Waals surface area (Å²) in [6, 6.07) is 0. The van der Waals surface area contributed by atoms with E-state index in [4.69, 9.17) is 0 Å². The molecule has 100 valence electrons. The molecule has 0 aromatic heterocycles. The zero-order valence-electron chi connectivity index (χ0n) is 12.1. The Hall–Kier alpha value is -0.850. The molecule has 0 saturated heterocycles. The van der Waals surface area contributed by atoms with Gasteiger partial charge in [0, 0.05) is 5.92 Å². The molecule has 1 fully saturated rings. The first kappa shape index (κ1) is 13.6. The van der Waals surface area contributed by atoms with Crippen LogP contribution in [0.3, 0.4) is 0 Å². The summed E-state index contributed by atoms with van der Waals surface area (Å²) in [6.45, 7) is 8.41. The molecule has 5 atom stereocenters. The Morgan fingerprint density at radius 3 is 2.72 bits per heavy atom. The SMILES string of the molecule is C/C=C/[C@@H]1[C@H]2C[C@@H](C)CC[C@@H]2C(C)=C[C@@H]1C(C)=O. The van der Waals surface area contributed by atoms with Crippen molar-refractivity contribution in [3.8, 4) is 0 Å². The van der Waals surface area contributed by atoms with Gasteiger partial charge in [0.15, 0.2) is 0 Å². The summed E-state index contributed by atoms with van der Waals surface area (Å²) >= 11 is 0. The van der Waals surface area contributed by atoms with E-state index in [1.54, 1.807) is 6.92 Å². The second-order valence-electron chi connectivity index (χ2n) is 6.34. The van der Waals surface area contributed by atoms with E-state index in [0.717, 1.165) is 11.8 Å². The van der Waals surface area contributed by atoms with Gasteiger partial charge in [-0.1, -0.05) is 37.1 Å². The van der Waals surface area contributed by atoms with E-state index >= 15 is 0 Å². The molecule has 1 nitrogen and oxygen atoms in total. The number of carbonyl (C=O) groups excluding carboxylic acids is 1. The number of carbonyl (C=O) groups is 1. The first-order chi connectivity index (χ1) is 8.54. The fourth-order valence-corrected chi connectivity index (χ4v) is 4.07. The van der Waals surface area contributed by atoms with E-state index in [2.05, 4.69) is 39.0 Å². The molecular weight excluding hydrogens is 220 g/mol. The van der Waals surface area contributed by atoms with Gasteiger partial charge in [0.2, 0.25) is 0 Å². The molecule has 2 aliphatic carbocycles. The molecule has 18 heavy (non-hydrogen) atoms. The lowest BCUT2D eigenvalue weighted by atomic mass is 9.59. The molecule has 0 bridgehead atoms. The normalized spacial score (nSPS) is 40.4. The van der Waals surface area contributed by atoms with Crippen molar-refractivity contribution in [3.05, 3.63) is 23.8 Å². The second kappa shape index (κ2) is 5.42. The van der Waals surface area contributed by atoms with Gasteiger partial charge in [-0.15, -0.1) is 0 Å². The van der Waals surface area contributed by atoms with Gasteiger partial charge in [0.25, 0.3) is 0 Å². The molecule has 0 N–H and O–H groups in total. The third-order valence-electron chi connectivity index (χ3n) is 4.98. The monoisotopic (exact) mass is 246 g/mol. The number of hydrogen-bond acceptors (Lipinski definition) is 1. The van der Waals surface area contributed by atoms with Crippen LogP contribution < -0.4 is 0 Å². The van der Waals surface area contributed by atoms with Gasteiger partial charge >= 0.3 is 0 Å². The van der Waals surface area contributed by atoms with E-state index < -0.39 is 0 Å². The number of fused-ring (bicyclic) bond motifs is 1. The average molecular weight is 246 g/mol. The number of allylic oxidation sites excluding steroid dienone is 4. The molecule has 2 rings (SSSR count). The minimum Gasteiger partial charge on any atom is -0.299 e. The summed E-state index contributed by atoms with van der Waals surface area (Å²) in [6.07, 6.45) is 10.6. The third-order valence-corrected chi connectivity index (χ3v) is 4.98. The topological polar surface area (TPSA) is 17.1 Å². The summed E-state index contributed by atoms with van der Waals surface area (Å²) in [5.74, 6) is 3.10. The lowest BCUT2D eigenvalue weighted by Gasteiger charge is -2.45. The predicted octanol–water partition coefficient (Wildman–Crippen LogP) is 4.40. The van der Waals surface area contributed by atoms with Crippen LogP contribution in [0.1, 0.15) is 47.0 Å². The Morgan fingerprint density at radius 1 is 1.39 bits per heavy atom. The zero-order chi connectivity index (χ0) is 13.3. The van der Waals surface area contributed by atoms with Crippen LogP contribution >= 0.6 is 0 Å². The number of rotatable bonds is 2. The van der Waals surface area contributed by atoms with Crippen LogP contribution in [0.2, 0.25) is 0 Å². The van der Waals surface area contributed by atoms with Gasteiger partial charge < -0.3 is 0 Å². The third kappa shape index (κ3) is 2.46. The Labute approximate surface area is 111 Å². The van der Waals surface area contributed by atoms with Crippen LogP contribution in [0.5, 0.6) is 0 Å². The van der Waals surface area contributed by atoms with Crippen molar-refractivity contribution in [1.29, 1.82) is 0 Å². The molecule has 1 saturated carbocycles. The summed E-state index contributed by atoms with van der Waals surface area (Å²) in [5.41, 5.74) is 1.47. The minimum atomic E-state index is 0.118. The molecular formula is C17H26O. The largest absolute Gasteiger partial charge is 0.299 e. The number of hydrogen-bond donors (Lipinski definition) is 0. The van der Waals surface area contributed by atoms with Crippen molar-refractivity contribution in [2.45, 2.75) is 47.0 Å². The minimum absolute atomic E-state index is 0.118. The van der Waals surface area contributed by atoms with Crippen LogP contribution in [0.25, 0.3) is 0 Å². The zero-order valence-corrected chi connectivity index (χ0v) is 12.1. The summed E-state index contributed by atoms with van der Waals surface area (Å²) in [7, 11) is 0. The molecule has 2 aliphatic rings. The van der Waals surface area contributed by atoms with Crippen LogP contribution in [-0.4, -0.2) is 5.78 Å². The van der Waals surface area contributed by atoms with Crippen LogP contribution in [0.15, 0.2) is 23.8 Å². The lowest BCUT2D eigenvalue weighted by Crippen LogP contribution is -2.38. The van der Waals surface area contributed by atoms with Crippen LogP contribution in [0.4, 0.5) is 0 Å². The molecule has 1 heteroatoms. The highest BCUT2D eigenvalue weighted by molar-refractivity contribution is 5.81. The molecule has 0 aromatic rings. The maximum atomic E-state index is 11.9. The van der Waals surface area contributed by atoms with Crippen molar-refractivity contribution in [1.82, 2.24) is 0 Å². The highest BCUT2D eigenvalue weighted by Crippen LogP contribution is 2.48. The van der Waals surface area contributed by atoms with Crippen LogP contribution in [-0.2, 0) is 4.79 Å². The summed E-state index contributed by atoms with van der Waals surface area (Å²) in [4.78, 5) is 11.9. The van der Waals surface area contributed by atoms with Crippen LogP contribution in [0, 0.1) is 29.6 Å². The summed E-state index contributed by atoms with van der Waals surface area (Å²) in [5, 5.41) is 0. The maximum absolute atomic E-state index is 11.9. The fraction of sp³-hybridized carbons (Fsp3) is 0.706. The van der Waals surface area contributed by atoms with Gasteiger partial charge in [-0.2, -0.15) is 0 Å². The maximum Gasteiger partial charge on any atom is 0.137 e. The smallest absolute Gasteiger partial charge is 0.137 e. The highest BCUT2D eigenvalue weighted by Gasteiger charge is 2.41. The molecule has 0 spiro atoms. The van der Waals surface area contributed by atoms with E-state index in [1.165, 1.54) is 24.8 Å². The van der Waals surface area contributed by atoms with Crippen molar-refractivity contribution >= 4 is 5.78 Å². The second-order valence-corrected chi connectivity index (χ2v) is 6.34. The highest BCUT2D eigenvalue weighted by atomic mass is 16.1. The Bertz CT molecular complexity index is 377. The van der Waals surface area contributed by atoms with E-state index in [9.17, 15) is 4.79 Å². The first-order valence-corrected chi connectivity index (χ1v) is 7.36. The standard InChI is InChI=1S/C17H26O/c1-5-6-15-16(13(4)18)10-12(3)14-8-7-11(2)9-17(14)15/h5-6,10-11,14-17H,7-9H2,1-4H3/b6-5+/t11-,14+,15-,16+,17-/m0/s1. The van der Waals surface area contributed by atoms with Gasteiger partial charge in [-0.25, -0.2) is 0 Å². The van der Waals surface area contributed by atoms with Crippen molar-refractivity contribution < 1.29 is 4.79 Å². The molecule has 0 unspecified atom stereocenters. The Morgan fingerprint density at radius 2 is 2.11 bits per heavy atom. The Balaban J connectivity index is 2.35. The average Bonchev–Trinajstić information content (AvgIpc) is 2.32. The van der Waals surface area contributed by atoms with Crippen molar-refractivity contribution in [3.63, 3.8) is 0 Å². The van der Waals surface area contributed by atoms with Crippen molar-refractivity contribution in [2.24, 2.45) is 29.6 Å². The summed E-state index contributed by atoms with van der Waals surface area (Å²) < 4.78 is 0. The van der Waals surface area contributed by atoms with Gasteiger partial charge in [-0.3, -0.25) is 4.79 Å². The van der Waals surface area contributed by atoms with Gasteiger partial charge in [0.1, 0.15) is 5.78 Å². The quantitative estimate of drug-likeness (QED) is 0.660. The fourth-order valence-electron chi connectivity index (χ4n) is 4.07. The Kier molecular flexibility index (Phi) is 4.09. The molecule has 0 heterocycles. The predicted molar refractivity (Wildman–Crippen MR) is 76.2 cm³/mol. The molecule has 0 aliphatic heterocycles. The van der Waals surface area contributed by atoms with Gasteiger partial charge in [-0.05, 0) is 57.3 Å². The van der Waals surface area contributed by atoms with E-state index in [0.29, 0.717) is 17.6 Å². The van der Waals surface area contributed by atoms with Crippen molar-refractivity contribution in [2.75, 3.05) is 0 Å². The number of Topliss-reactive ketones (excluding diaryl/α,β-unsaturated/α-hetero) is 1. The molecule has 0 radical (unpaired) electrons. The van der Waals surface area contributed by atoms with E-state index in [-0.39, 0.29) is 5.92 Å². The first-order valence-electron chi connectivity index (χ1n) is 7.36. The molecule has 0 amide bonds.